The summed E-state index contributed by atoms with van der Waals surface area (Å²) in [6, 6.07) is 4.95. The van der Waals surface area contributed by atoms with Gasteiger partial charge in [-0.3, -0.25) is 0 Å². The summed E-state index contributed by atoms with van der Waals surface area (Å²) >= 11 is 0. The fourth-order valence-electron chi connectivity index (χ4n) is 2.82. The van der Waals surface area contributed by atoms with Gasteiger partial charge in [-0.1, -0.05) is 37.5 Å². The molecule has 0 fully saturated rings. The van der Waals surface area contributed by atoms with Crippen LogP contribution in [0.1, 0.15) is 68.4 Å². The van der Waals surface area contributed by atoms with Crippen LogP contribution in [-0.4, -0.2) is 16.7 Å². The van der Waals surface area contributed by atoms with Crippen LogP contribution >= 0.6 is 0 Å². The molecule has 1 aliphatic heterocycles. The molecule has 1 N–H and O–H groups in total. The van der Waals surface area contributed by atoms with Crippen LogP contribution in [0, 0.1) is 43.8 Å². The maximum Gasteiger partial charge on any atom is 0.320 e. The van der Waals surface area contributed by atoms with Crippen LogP contribution in [0.5, 0.6) is 5.75 Å². The Kier molecular flexibility index (Phi) is 8.04. The minimum Gasteiger partial charge on any atom is -0.528 e. The molecule has 3 nitrogen and oxygen atoms in total. The Morgan fingerprint density at radius 2 is 2.12 bits per heavy atom. The molecule has 2 rings (SSSR count). The van der Waals surface area contributed by atoms with Gasteiger partial charge < -0.3 is 9.84 Å². The number of benzene rings is 1. The van der Waals surface area contributed by atoms with Crippen LogP contribution in [0.4, 0.5) is 0 Å². The third-order valence-electron chi connectivity index (χ3n) is 4.06. The maximum atomic E-state index is 11.8. The molecule has 4 heteroatoms. The number of aromatic carboxylic acids is 1. The number of carboxylic acid groups (broad SMARTS) is 1. The van der Waals surface area contributed by atoms with Gasteiger partial charge in [-0.25, -0.2) is 4.79 Å². The van der Waals surface area contributed by atoms with Gasteiger partial charge in [0, 0.05) is 49.1 Å². The van der Waals surface area contributed by atoms with E-state index in [1.165, 1.54) is 5.57 Å². The summed E-state index contributed by atoms with van der Waals surface area (Å²) in [5.74, 6) is -0.466. The second kappa shape index (κ2) is 9.07. The van der Waals surface area contributed by atoms with Crippen molar-refractivity contribution in [2.45, 2.75) is 59.0 Å². The molecule has 0 bridgehead atoms. The molecule has 0 spiro atoms. The predicted molar refractivity (Wildman–Crippen MR) is 93.0 cm³/mol. The zero-order valence-corrected chi connectivity index (χ0v) is 16.6. The van der Waals surface area contributed by atoms with Crippen LogP contribution in [0.15, 0.2) is 23.8 Å². The van der Waals surface area contributed by atoms with Gasteiger partial charge in [0.25, 0.3) is 0 Å². The van der Waals surface area contributed by atoms with Crippen LogP contribution < -0.4 is 4.74 Å². The van der Waals surface area contributed by atoms with Crippen LogP contribution in [0.3, 0.4) is 0 Å². The van der Waals surface area contributed by atoms with E-state index in [0.717, 1.165) is 30.4 Å². The second-order valence-corrected chi connectivity index (χ2v) is 6.56. The summed E-state index contributed by atoms with van der Waals surface area (Å²) in [6.45, 7) is 8.19. The molecule has 1 aliphatic rings. The number of hydrogen-bond acceptors (Lipinski definition) is 2. The first kappa shape index (κ1) is 21.3. The van der Waals surface area contributed by atoms with Crippen molar-refractivity contribution >= 4 is 12.0 Å². The summed E-state index contributed by atoms with van der Waals surface area (Å²) in [5, 5.41) is 9.64. The molecule has 1 unspecified atom stereocenters. The van der Waals surface area contributed by atoms with Crippen molar-refractivity contribution in [2.75, 3.05) is 0 Å². The maximum absolute atomic E-state index is 11.8. The van der Waals surface area contributed by atoms with Gasteiger partial charge in [0.2, 0.25) is 0 Å². The largest absolute Gasteiger partial charge is 0.528 e. The average Bonchev–Trinajstić information content (AvgIpc) is 2.46. The van der Waals surface area contributed by atoms with E-state index in [-0.39, 0.29) is 37.7 Å². The molecular weight excluding hydrogens is 453 g/mol. The Hall–Kier alpha value is -0.770. The number of ether oxygens (including phenoxy) is 1. The van der Waals surface area contributed by atoms with Gasteiger partial charge in [0.15, 0.2) is 0 Å². The molecule has 0 amide bonds. The first-order valence-electron chi connectivity index (χ1n) is 8.19. The molecular formula is C20H25HoO3-. The van der Waals surface area contributed by atoms with Crippen molar-refractivity contribution < 1.29 is 52.4 Å². The molecule has 0 aromatic heterocycles. The van der Waals surface area contributed by atoms with E-state index in [1.807, 2.05) is 26.0 Å². The van der Waals surface area contributed by atoms with E-state index in [2.05, 4.69) is 26.0 Å². The van der Waals surface area contributed by atoms with Crippen molar-refractivity contribution in [3.05, 3.63) is 46.5 Å². The van der Waals surface area contributed by atoms with Gasteiger partial charge in [-0.2, -0.15) is 0 Å². The van der Waals surface area contributed by atoms with Crippen LogP contribution in [-0.2, 0) is 6.42 Å². The number of fused-ring (bicyclic) bond motifs is 1. The summed E-state index contributed by atoms with van der Waals surface area (Å²) in [7, 11) is 0. The van der Waals surface area contributed by atoms with E-state index in [4.69, 9.17) is 4.74 Å². The zero-order valence-electron chi connectivity index (χ0n) is 14.7. The normalized spacial score (nSPS) is 18.2. The topological polar surface area (TPSA) is 46.5 Å². The fraction of sp³-hybridized carbons (Fsp3) is 0.450. The molecule has 1 aromatic rings. The molecule has 1 atom stereocenters. The first-order valence-corrected chi connectivity index (χ1v) is 8.19. The van der Waals surface area contributed by atoms with Crippen molar-refractivity contribution in [3.8, 4) is 5.75 Å². The molecule has 0 saturated carbocycles. The summed E-state index contributed by atoms with van der Waals surface area (Å²) in [5.41, 5.74) is 2.60. The SMILES string of the molecule is CCCc1c[c-]c2c(c1C(=O)O)OC(C)(CCC=C(C)C)C=C2.[Ho]. The van der Waals surface area contributed by atoms with Crippen LogP contribution in [0.25, 0.3) is 6.08 Å². The predicted octanol–water partition coefficient (Wildman–Crippen LogP) is 5.05. The summed E-state index contributed by atoms with van der Waals surface area (Å²) in [4.78, 5) is 11.8. The smallest absolute Gasteiger partial charge is 0.320 e. The minimum absolute atomic E-state index is 0. The van der Waals surface area contributed by atoms with E-state index in [0.29, 0.717) is 17.7 Å². The fourth-order valence-corrected chi connectivity index (χ4v) is 2.82. The molecule has 1 heterocycles. The molecule has 24 heavy (non-hydrogen) atoms. The monoisotopic (exact) mass is 478 g/mol. The molecule has 1 aromatic carbocycles. The van der Waals surface area contributed by atoms with Crippen molar-refractivity contribution in [3.63, 3.8) is 0 Å². The van der Waals surface area contributed by atoms with Gasteiger partial charge in [0.1, 0.15) is 5.60 Å². The molecule has 0 saturated heterocycles. The quantitative estimate of drug-likeness (QED) is 0.354. The number of carboxylic acids is 1. The zero-order chi connectivity index (χ0) is 17.0. The summed E-state index contributed by atoms with van der Waals surface area (Å²) < 4.78 is 6.15. The Balaban J connectivity index is 0.00000288. The second-order valence-electron chi connectivity index (χ2n) is 6.56. The average molecular weight is 478 g/mol. The Morgan fingerprint density at radius 1 is 1.42 bits per heavy atom. The number of hydrogen-bond donors (Lipinski definition) is 1. The van der Waals surface area contributed by atoms with Gasteiger partial charge in [-0.15, -0.1) is 29.3 Å². The number of rotatable bonds is 6. The van der Waals surface area contributed by atoms with Gasteiger partial charge >= 0.3 is 5.97 Å². The van der Waals surface area contributed by atoms with E-state index in [9.17, 15) is 9.90 Å². The standard InChI is InChI=1S/C20H25O3.Ho/c1-5-7-15-9-10-16-11-13-20(4,12-6-8-14(2)3)23-18(16)17(15)19(21)22;/h8-9,11,13H,5-7,12H2,1-4H3,(H,21,22);/q-1;. The van der Waals surface area contributed by atoms with Crippen molar-refractivity contribution in [1.29, 1.82) is 0 Å². The van der Waals surface area contributed by atoms with E-state index >= 15 is 0 Å². The first-order chi connectivity index (χ1) is 10.9. The van der Waals surface area contributed by atoms with Crippen molar-refractivity contribution in [2.24, 2.45) is 0 Å². The molecule has 0 aliphatic carbocycles. The third-order valence-corrected chi connectivity index (χ3v) is 4.06. The van der Waals surface area contributed by atoms with Gasteiger partial charge in [0.05, 0.1) is 0 Å². The van der Waals surface area contributed by atoms with Crippen molar-refractivity contribution in [1.82, 2.24) is 0 Å². The number of carbonyl (C=O) groups is 1. The van der Waals surface area contributed by atoms with Gasteiger partial charge in [-0.05, 0) is 33.6 Å². The van der Waals surface area contributed by atoms with E-state index in [1.54, 1.807) is 6.07 Å². The number of aryl methyl sites for hydroxylation is 1. The Bertz CT molecular complexity index is 657. The van der Waals surface area contributed by atoms with E-state index < -0.39 is 11.6 Å². The summed E-state index contributed by atoms with van der Waals surface area (Å²) in [6.07, 6.45) is 9.44. The third kappa shape index (κ3) is 5.11. The molecule has 135 valence electrons. The Morgan fingerprint density at radius 3 is 2.71 bits per heavy atom. The number of allylic oxidation sites excluding steroid dienone is 2. The minimum atomic E-state index is -0.930. The molecule has 1 radical (unpaired) electrons. The Labute approximate surface area is 174 Å². The van der Waals surface area contributed by atoms with Crippen LogP contribution in [0.2, 0.25) is 0 Å².